The molecule has 3 aliphatic heterocycles. The number of halogens is 5. The number of alkyl halides is 3. The lowest BCUT2D eigenvalue weighted by Crippen LogP contribution is -2.58. The van der Waals surface area contributed by atoms with Crippen molar-refractivity contribution in [1.29, 1.82) is 0 Å². The van der Waals surface area contributed by atoms with Crippen molar-refractivity contribution >= 4 is 10.0 Å². The number of benzene rings is 1. The zero-order valence-electron chi connectivity index (χ0n) is 16.9. The molecular formula is C19H19F5N4O4S. The van der Waals surface area contributed by atoms with Crippen molar-refractivity contribution in [3.63, 3.8) is 0 Å². The zero-order chi connectivity index (χ0) is 23.7. The van der Waals surface area contributed by atoms with Crippen LogP contribution in [0.15, 0.2) is 24.4 Å². The third-order valence-corrected chi connectivity index (χ3v) is 7.72. The van der Waals surface area contributed by atoms with Gasteiger partial charge in [-0.2, -0.15) is 22.4 Å². The molecule has 5 rings (SSSR count). The van der Waals surface area contributed by atoms with Crippen LogP contribution in [-0.4, -0.2) is 58.9 Å². The van der Waals surface area contributed by atoms with Gasteiger partial charge in [0.25, 0.3) is 10.0 Å². The van der Waals surface area contributed by atoms with Crippen LogP contribution in [0.25, 0.3) is 0 Å². The number of hydrogen-bond acceptors (Lipinski definition) is 7. The molecule has 2 fully saturated rings. The van der Waals surface area contributed by atoms with E-state index in [0.29, 0.717) is 11.3 Å². The van der Waals surface area contributed by atoms with Crippen LogP contribution < -0.4 is 5.73 Å². The number of ether oxygens (including phenoxy) is 2. The van der Waals surface area contributed by atoms with E-state index in [4.69, 9.17) is 15.2 Å². The van der Waals surface area contributed by atoms with Gasteiger partial charge in [-0.1, -0.05) is 0 Å². The lowest BCUT2D eigenvalue weighted by molar-refractivity contribution is -0.269. The SMILES string of the molecule is N[C@H]1C[C@@H](N2Cc3cn(S(=O)(=O)C4CO4)nc3C2)[C@@H](C(F)(F)F)O[C@@H]1c1cc(F)ccc1F. The summed E-state index contributed by atoms with van der Waals surface area (Å²) >= 11 is 0. The highest BCUT2D eigenvalue weighted by Crippen LogP contribution is 2.42. The summed E-state index contributed by atoms with van der Waals surface area (Å²) in [5.41, 5.74) is 5.53. The maximum atomic E-state index is 14.2. The van der Waals surface area contributed by atoms with Crippen molar-refractivity contribution in [2.75, 3.05) is 6.61 Å². The van der Waals surface area contributed by atoms with Crippen LogP contribution in [0.5, 0.6) is 0 Å². The summed E-state index contributed by atoms with van der Waals surface area (Å²) in [7, 11) is -3.80. The number of nitrogens with two attached hydrogens (primary N) is 1. The average Bonchev–Trinajstić information content (AvgIpc) is 3.40. The van der Waals surface area contributed by atoms with Crippen LogP contribution >= 0.6 is 0 Å². The van der Waals surface area contributed by atoms with Crippen LogP contribution in [0.3, 0.4) is 0 Å². The van der Waals surface area contributed by atoms with E-state index in [0.717, 1.165) is 22.3 Å². The first kappa shape index (κ1) is 22.7. The summed E-state index contributed by atoms with van der Waals surface area (Å²) in [5, 5.41) is 4.02. The summed E-state index contributed by atoms with van der Waals surface area (Å²) in [6.45, 7) is 0.0228. The lowest BCUT2D eigenvalue weighted by Gasteiger charge is -2.44. The van der Waals surface area contributed by atoms with E-state index in [1.165, 1.54) is 11.1 Å². The Balaban J connectivity index is 1.38. The van der Waals surface area contributed by atoms with Gasteiger partial charge in [0, 0.05) is 42.5 Å². The summed E-state index contributed by atoms with van der Waals surface area (Å²) in [6.07, 6.45) is -7.54. The van der Waals surface area contributed by atoms with E-state index >= 15 is 0 Å². The van der Waals surface area contributed by atoms with Crippen LogP contribution in [-0.2, 0) is 32.6 Å². The largest absolute Gasteiger partial charge is 0.416 e. The van der Waals surface area contributed by atoms with E-state index in [2.05, 4.69) is 5.10 Å². The molecule has 8 nitrogen and oxygen atoms in total. The Morgan fingerprint density at radius 2 is 1.91 bits per heavy atom. The van der Waals surface area contributed by atoms with Crippen molar-refractivity contribution < 1.29 is 39.8 Å². The second-order valence-electron chi connectivity index (χ2n) is 8.34. The van der Waals surface area contributed by atoms with Crippen LogP contribution in [0, 0.1) is 11.6 Å². The van der Waals surface area contributed by atoms with Gasteiger partial charge in [0.2, 0.25) is 5.44 Å². The molecule has 33 heavy (non-hydrogen) atoms. The maximum absolute atomic E-state index is 14.2. The van der Waals surface area contributed by atoms with Gasteiger partial charge in [-0.05, 0) is 24.6 Å². The molecule has 2 aromatic rings. The Morgan fingerprint density at radius 1 is 1.18 bits per heavy atom. The minimum Gasteiger partial charge on any atom is -0.357 e. The highest BCUT2D eigenvalue weighted by Gasteiger charge is 2.54. The molecule has 0 bridgehead atoms. The van der Waals surface area contributed by atoms with Crippen molar-refractivity contribution in [3.8, 4) is 0 Å². The maximum Gasteiger partial charge on any atom is 0.416 e. The molecule has 0 spiro atoms. The first-order valence-corrected chi connectivity index (χ1v) is 11.6. The summed E-state index contributed by atoms with van der Waals surface area (Å²) in [6, 6.07) is 0.192. The van der Waals surface area contributed by atoms with E-state index in [9.17, 15) is 30.4 Å². The highest BCUT2D eigenvalue weighted by atomic mass is 32.2. The van der Waals surface area contributed by atoms with Crippen molar-refractivity contribution in [1.82, 2.24) is 14.1 Å². The number of rotatable bonds is 4. The Hall–Kier alpha value is -2.13. The topological polar surface area (TPSA) is 103 Å². The average molecular weight is 494 g/mol. The van der Waals surface area contributed by atoms with E-state index < -0.39 is 57.6 Å². The Labute approximate surface area is 185 Å². The fourth-order valence-corrected chi connectivity index (χ4v) is 5.55. The van der Waals surface area contributed by atoms with Gasteiger partial charge < -0.3 is 15.2 Å². The minimum atomic E-state index is -4.81. The van der Waals surface area contributed by atoms with E-state index in [1.807, 2.05) is 0 Å². The van der Waals surface area contributed by atoms with E-state index in [-0.39, 0.29) is 31.7 Å². The van der Waals surface area contributed by atoms with Gasteiger partial charge in [-0.25, -0.2) is 17.2 Å². The Kier molecular flexibility index (Phi) is 5.28. The van der Waals surface area contributed by atoms with Crippen molar-refractivity contribution in [3.05, 3.63) is 52.9 Å². The van der Waals surface area contributed by atoms with Gasteiger partial charge in [-0.15, -0.1) is 0 Å². The highest BCUT2D eigenvalue weighted by molar-refractivity contribution is 7.90. The summed E-state index contributed by atoms with van der Waals surface area (Å²) in [4.78, 5) is 1.46. The molecule has 0 saturated carbocycles. The number of hydrogen-bond donors (Lipinski definition) is 1. The summed E-state index contributed by atoms with van der Waals surface area (Å²) in [5.74, 6) is -1.73. The summed E-state index contributed by atoms with van der Waals surface area (Å²) < 4.78 is 105. The molecule has 0 amide bonds. The normalized spacial score (nSPS) is 30.4. The zero-order valence-corrected chi connectivity index (χ0v) is 17.7. The molecule has 0 aliphatic carbocycles. The first-order valence-electron chi connectivity index (χ1n) is 10.1. The minimum absolute atomic E-state index is 0.00268. The third kappa shape index (κ3) is 4.03. The van der Waals surface area contributed by atoms with Crippen LogP contribution in [0.2, 0.25) is 0 Å². The number of nitrogens with zero attached hydrogens (tertiary/aromatic N) is 3. The lowest BCUT2D eigenvalue weighted by atomic mass is 9.89. The quantitative estimate of drug-likeness (QED) is 0.511. The Bertz CT molecular complexity index is 1160. The molecule has 3 aliphatic rings. The number of fused-ring (bicyclic) bond motifs is 1. The molecule has 2 saturated heterocycles. The molecule has 0 radical (unpaired) electrons. The molecule has 1 aromatic carbocycles. The predicted molar refractivity (Wildman–Crippen MR) is 102 cm³/mol. The van der Waals surface area contributed by atoms with Gasteiger partial charge in [-0.3, -0.25) is 4.90 Å². The monoisotopic (exact) mass is 494 g/mol. The second kappa shape index (κ2) is 7.70. The van der Waals surface area contributed by atoms with Gasteiger partial charge in [0.05, 0.1) is 12.3 Å². The fraction of sp³-hybridized carbons (Fsp3) is 0.526. The molecule has 5 atom stereocenters. The predicted octanol–water partition coefficient (Wildman–Crippen LogP) is 1.80. The van der Waals surface area contributed by atoms with E-state index in [1.54, 1.807) is 0 Å². The van der Waals surface area contributed by atoms with Gasteiger partial charge >= 0.3 is 6.18 Å². The molecule has 1 aromatic heterocycles. The molecular weight excluding hydrogens is 475 g/mol. The van der Waals surface area contributed by atoms with Crippen molar-refractivity contribution in [2.24, 2.45) is 5.73 Å². The van der Waals surface area contributed by atoms with Gasteiger partial charge in [0.1, 0.15) is 17.7 Å². The first-order chi connectivity index (χ1) is 15.4. The molecule has 4 heterocycles. The Morgan fingerprint density at radius 3 is 2.55 bits per heavy atom. The second-order valence-corrected chi connectivity index (χ2v) is 10.3. The molecule has 2 N–H and O–H groups in total. The standard InChI is InChI=1S/C19H19F5N4O4S/c20-10-1-2-12(21)11(3-10)17-13(25)4-15(18(32-17)19(22,23)24)27-5-9-6-28(26-14(9)7-27)33(29,30)16-8-31-16/h1-3,6,13,15-18H,4-5,7-8,25H2/t13-,15+,16?,17+,18-/m0/s1. The van der Waals surface area contributed by atoms with Crippen molar-refractivity contribution in [2.45, 2.75) is 55.4 Å². The molecule has 14 heteroatoms. The third-order valence-electron chi connectivity index (χ3n) is 6.08. The molecule has 1 unspecified atom stereocenters. The number of aromatic nitrogens is 2. The van der Waals surface area contributed by atoms with Gasteiger partial charge in [0.15, 0.2) is 6.10 Å². The van der Waals surface area contributed by atoms with Crippen LogP contribution in [0.4, 0.5) is 22.0 Å². The van der Waals surface area contributed by atoms with Crippen LogP contribution in [0.1, 0.15) is 29.3 Å². The number of epoxide rings is 1. The smallest absolute Gasteiger partial charge is 0.357 e. The fourth-order valence-electron chi connectivity index (χ4n) is 4.40. The molecule has 180 valence electrons.